The zero-order chi connectivity index (χ0) is 16.7. The van der Waals surface area contributed by atoms with E-state index in [4.69, 9.17) is 0 Å². The third-order valence-electron chi connectivity index (χ3n) is 4.28. The quantitative estimate of drug-likeness (QED) is 0.773. The average Bonchev–Trinajstić information content (AvgIpc) is 2.58. The summed E-state index contributed by atoms with van der Waals surface area (Å²) < 4.78 is 13.5. The van der Waals surface area contributed by atoms with Gasteiger partial charge in [-0.15, -0.1) is 11.8 Å². The number of piperazine rings is 1. The molecule has 4 nitrogen and oxygen atoms in total. The van der Waals surface area contributed by atoms with Crippen molar-refractivity contribution >= 4 is 17.7 Å². The molecule has 0 spiro atoms. The molecule has 1 unspecified atom stereocenters. The van der Waals surface area contributed by atoms with Gasteiger partial charge in [-0.25, -0.2) is 4.39 Å². The first-order valence-corrected chi connectivity index (χ1v) is 9.14. The SMILES string of the molecule is CCC(CO)N1CCN(C(=O)CCSc2ccccc2F)CC1. The zero-order valence-electron chi connectivity index (χ0n) is 13.6. The Kier molecular flexibility index (Phi) is 7.33. The lowest BCUT2D eigenvalue weighted by atomic mass is 10.1. The van der Waals surface area contributed by atoms with E-state index in [9.17, 15) is 14.3 Å². The number of hydrogen-bond acceptors (Lipinski definition) is 4. The van der Waals surface area contributed by atoms with E-state index in [0.29, 0.717) is 30.2 Å². The molecule has 23 heavy (non-hydrogen) atoms. The number of aliphatic hydroxyl groups excluding tert-OH is 1. The highest BCUT2D eigenvalue weighted by atomic mass is 32.2. The van der Waals surface area contributed by atoms with Gasteiger partial charge in [-0.05, 0) is 18.6 Å². The molecule has 1 saturated heterocycles. The summed E-state index contributed by atoms with van der Waals surface area (Å²) in [5.41, 5.74) is 0. The molecule has 1 heterocycles. The molecule has 1 atom stereocenters. The maximum Gasteiger partial charge on any atom is 0.223 e. The zero-order valence-corrected chi connectivity index (χ0v) is 14.4. The van der Waals surface area contributed by atoms with Gasteiger partial charge in [0, 0.05) is 49.3 Å². The first-order chi connectivity index (χ1) is 11.2. The van der Waals surface area contributed by atoms with Crippen LogP contribution in [0.25, 0.3) is 0 Å². The minimum absolute atomic E-state index is 0.130. The molecular formula is C17H25FN2O2S. The monoisotopic (exact) mass is 340 g/mol. The molecule has 1 aliphatic heterocycles. The lowest BCUT2D eigenvalue weighted by Gasteiger charge is -2.38. The number of halogens is 1. The molecule has 0 saturated carbocycles. The van der Waals surface area contributed by atoms with Crippen LogP contribution in [0.15, 0.2) is 29.2 Å². The van der Waals surface area contributed by atoms with Crippen molar-refractivity contribution in [1.29, 1.82) is 0 Å². The third-order valence-corrected chi connectivity index (χ3v) is 5.33. The summed E-state index contributed by atoms with van der Waals surface area (Å²) in [6.45, 7) is 5.28. The highest BCUT2D eigenvalue weighted by molar-refractivity contribution is 7.99. The van der Waals surface area contributed by atoms with Crippen LogP contribution in [0, 0.1) is 5.82 Å². The first-order valence-electron chi connectivity index (χ1n) is 8.15. The lowest BCUT2D eigenvalue weighted by molar-refractivity contribution is -0.132. The Balaban J connectivity index is 1.72. The molecule has 128 valence electrons. The fourth-order valence-corrected chi connectivity index (χ4v) is 3.68. The first kappa shape index (κ1) is 18.2. The number of amides is 1. The van der Waals surface area contributed by atoms with E-state index in [0.717, 1.165) is 19.5 Å². The van der Waals surface area contributed by atoms with E-state index in [2.05, 4.69) is 11.8 Å². The predicted octanol–water partition coefficient (Wildman–Crippen LogP) is 2.22. The largest absolute Gasteiger partial charge is 0.395 e. The summed E-state index contributed by atoms with van der Waals surface area (Å²) in [6.07, 6.45) is 1.35. The molecular weight excluding hydrogens is 315 g/mol. The van der Waals surface area contributed by atoms with Crippen LogP contribution in [-0.2, 0) is 4.79 Å². The van der Waals surface area contributed by atoms with E-state index >= 15 is 0 Å². The van der Waals surface area contributed by atoms with Crippen molar-refractivity contribution in [2.24, 2.45) is 0 Å². The van der Waals surface area contributed by atoms with Gasteiger partial charge in [0.2, 0.25) is 5.91 Å². The third kappa shape index (κ3) is 5.19. The van der Waals surface area contributed by atoms with Crippen LogP contribution in [0.1, 0.15) is 19.8 Å². The Labute approximate surface area is 141 Å². The van der Waals surface area contributed by atoms with Crippen LogP contribution in [0.5, 0.6) is 0 Å². The standard InChI is InChI=1S/C17H25FN2O2S/c1-2-14(13-21)19-8-10-20(11-9-19)17(22)7-12-23-16-6-4-3-5-15(16)18/h3-6,14,21H,2,7-13H2,1H3. The summed E-state index contributed by atoms with van der Waals surface area (Å²) in [4.78, 5) is 17.0. The predicted molar refractivity (Wildman–Crippen MR) is 91.1 cm³/mol. The second kappa shape index (κ2) is 9.25. The van der Waals surface area contributed by atoms with Crippen LogP contribution < -0.4 is 0 Å². The number of benzene rings is 1. The second-order valence-corrected chi connectivity index (χ2v) is 6.83. The average molecular weight is 340 g/mol. The van der Waals surface area contributed by atoms with E-state index < -0.39 is 0 Å². The van der Waals surface area contributed by atoms with E-state index in [-0.39, 0.29) is 24.4 Å². The Hall–Kier alpha value is -1.11. The maximum atomic E-state index is 13.5. The smallest absolute Gasteiger partial charge is 0.223 e. The minimum Gasteiger partial charge on any atom is -0.395 e. The lowest BCUT2D eigenvalue weighted by Crippen LogP contribution is -2.52. The van der Waals surface area contributed by atoms with Gasteiger partial charge in [0.05, 0.1) is 6.61 Å². The van der Waals surface area contributed by atoms with Crippen LogP contribution in [0.3, 0.4) is 0 Å². The Morgan fingerprint density at radius 3 is 2.61 bits per heavy atom. The van der Waals surface area contributed by atoms with Crippen molar-refractivity contribution in [3.05, 3.63) is 30.1 Å². The van der Waals surface area contributed by atoms with Gasteiger partial charge in [0.15, 0.2) is 0 Å². The molecule has 1 aromatic carbocycles. The number of nitrogens with zero attached hydrogens (tertiary/aromatic N) is 2. The van der Waals surface area contributed by atoms with Gasteiger partial charge in [0.1, 0.15) is 5.82 Å². The van der Waals surface area contributed by atoms with Crippen LogP contribution in [0.2, 0.25) is 0 Å². The Morgan fingerprint density at radius 1 is 1.30 bits per heavy atom. The van der Waals surface area contributed by atoms with Gasteiger partial charge in [-0.3, -0.25) is 9.69 Å². The highest BCUT2D eigenvalue weighted by Crippen LogP contribution is 2.22. The van der Waals surface area contributed by atoms with Gasteiger partial charge in [-0.2, -0.15) is 0 Å². The van der Waals surface area contributed by atoms with Gasteiger partial charge < -0.3 is 10.0 Å². The molecule has 1 fully saturated rings. The number of rotatable bonds is 7. The van der Waals surface area contributed by atoms with Crippen molar-refractivity contribution in [3.63, 3.8) is 0 Å². The molecule has 6 heteroatoms. The van der Waals surface area contributed by atoms with E-state index in [1.165, 1.54) is 17.8 Å². The van der Waals surface area contributed by atoms with Gasteiger partial charge >= 0.3 is 0 Å². The van der Waals surface area contributed by atoms with Gasteiger partial charge in [0.25, 0.3) is 0 Å². The minimum atomic E-state index is -0.229. The number of carbonyl (C=O) groups excluding carboxylic acids is 1. The molecule has 0 radical (unpaired) electrons. The van der Waals surface area contributed by atoms with Crippen molar-refractivity contribution in [2.75, 3.05) is 38.5 Å². The maximum absolute atomic E-state index is 13.5. The molecule has 1 N–H and O–H groups in total. The van der Waals surface area contributed by atoms with Crippen molar-refractivity contribution in [2.45, 2.75) is 30.7 Å². The normalized spacial score (nSPS) is 17.3. The molecule has 1 aromatic rings. The van der Waals surface area contributed by atoms with Crippen molar-refractivity contribution in [3.8, 4) is 0 Å². The molecule has 2 rings (SSSR count). The highest BCUT2D eigenvalue weighted by Gasteiger charge is 2.24. The number of hydrogen-bond donors (Lipinski definition) is 1. The number of thioether (sulfide) groups is 1. The van der Waals surface area contributed by atoms with E-state index in [1.54, 1.807) is 18.2 Å². The van der Waals surface area contributed by atoms with Crippen LogP contribution in [-0.4, -0.2) is 65.4 Å². The molecule has 0 aliphatic carbocycles. The Bertz CT molecular complexity index is 503. The molecule has 1 aliphatic rings. The van der Waals surface area contributed by atoms with E-state index in [1.807, 2.05) is 4.90 Å². The Morgan fingerprint density at radius 2 is 2.00 bits per heavy atom. The van der Waals surface area contributed by atoms with Crippen LogP contribution in [0.4, 0.5) is 4.39 Å². The number of aliphatic hydroxyl groups is 1. The fourth-order valence-electron chi connectivity index (χ4n) is 2.81. The molecule has 0 aromatic heterocycles. The summed E-state index contributed by atoms with van der Waals surface area (Å²) in [7, 11) is 0. The topological polar surface area (TPSA) is 43.8 Å². The summed E-state index contributed by atoms with van der Waals surface area (Å²) in [5, 5.41) is 9.34. The molecule has 1 amide bonds. The van der Waals surface area contributed by atoms with Crippen LogP contribution >= 0.6 is 11.8 Å². The molecule has 0 bridgehead atoms. The van der Waals surface area contributed by atoms with Gasteiger partial charge in [-0.1, -0.05) is 19.1 Å². The number of carbonyl (C=O) groups is 1. The summed E-state index contributed by atoms with van der Waals surface area (Å²) in [6, 6.07) is 6.85. The second-order valence-electron chi connectivity index (χ2n) is 5.69. The van der Waals surface area contributed by atoms with Crippen molar-refractivity contribution < 1.29 is 14.3 Å². The summed E-state index contributed by atoms with van der Waals surface area (Å²) in [5.74, 6) is 0.493. The fraction of sp³-hybridized carbons (Fsp3) is 0.588. The van der Waals surface area contributed by atoms with Crippen molar-refractivity contribution in [1.82, 2.24) is 9.80 Å². The summed E-state index contributed by atoms with van der Waals surface area (Å²) >= 11 is 1.39.